The first kappa shape index (κ1) is 25.4. The number of benzene rings is 8. The SMILES string of the molecule is c1ccc2c(c1)Sc1cc3c4ccccc4c4ccccc4c3cc1N2c1ccc2c(c1)c1ccccc1n1c3ccccc3nc21. The highest BCUT2D eigenvalue weighted by Crippen LogP contribution is 2.54. The van der Waals surface area contributed by atoms with Crippen molar-refractivity contribution in [2.75, 3.05) is 4.90 Å². The highest BCUT2D eigenvalue weighted by molar-refractivity contribution is 7.99. The average molecular weight is 616 g/mol. The number of hydrogen-bond donors (Lipinski definition) is 0. The van der Waals surface area contributed by atoms with Crippen LogP contribution in [0.4, 0.5) is 17.1 Å². The van der Waals surface area contributed by atoms with E-state index in [1.54, 1.807) is 0 Å². The molecule has 0 aliphatic carbocycles. The summed E-state index contributed by atoms with van der Waals surface area (Å²) in [6.45, 7) is 0. The first-order chi connectivity index (χ1) is 23.3. The van der Waals surface area contributed by atoms with Crippen LogP contribution in [0.2, 0.25) is 0 Å². The van der Waals surface area contributed by atoms with Crippen molar-refractivity contribution in [3.05, 3.63) is 152 Å². The van der Waals surface area contributed by atoms with Gasteiger partial charge in [-0.05, 0) is 98.4 Å². The molecule has 3 nitrogen and oxygen atoms in total. The molecule has 0 saturated carbocycles. The summed E-state index contributed by atoms with van der Waals surface area (Å²) in [5.41, 5.74) is 7.85. The summed E-state index contributed by atoms with van der Waals surface area (Å²) in [6.07, 6.45) is 0. The van der Waals surface area contributed by atoms with Gasteiger partial charge in [-0.3, -0.25) is 4.40 Å². The molecular formula is C43H25N3S. The van der Waals surface area contributed by atoms with Gasteiger partial charge in [0.25, 0.3) is 0 Å². The molecular weight excluding hydrogens is 591 g/mol. The van der Waals surface area contributed by atoms with Crippen LogP contribution in [0.1, 0.15) is 0 Å². The van der Waals surface area contributed by atoms with Crippen molar-refractivity contribution < 1.29 is 0 Å². The molecule has 0 bridgehead atoms. The maximum atomic E-state index is 5.14. The molecule has 1 aliphatic rings. The van der Waals surface area contributed by atoms with E-state index in [2.05, 4.69) is 161 Å². The number of pyridine rings is 1. The van der Waals surface area contributed by atoms with Crippen molar-refractivity contribution in [2.45, 2.75) is 9.79 Å². The van der Waals surface area contributed by atoms with Gasteiger partial charge in [-0.2, -0.15) is 0 Å². The van der Waals surface area contributed by atoms with E-state index >= 15 is 0 Å². The molecule has 11 rings (SSSR count). The van der Waals surface area contributed by atoms with Crippen molar-refractivity contribution in [1.29, 1.82) is 0 Å². The van der Waals surface area contributed by atoms with Gasteiger partial charge in [0.2, 0.25) is 0 Å². The zero-order valence-electron chi connectivity index (χ0n) is 25.2. The predicted molar refractivity (Wildman–Crippen MR) is 199 cm³/mol. The first-order valence-corrected chi connectivity index (χ1v) is 16.8. The number of anilines is 3. The molecule has 3 heterocycles. The average Bonchev–Trinajstić information content (AvgIpc) is 3.53. The lowest BCUT2D eigenvalue weighted by Gasteiger charge is -2.33. The highest BCUT2D eigenvalue weighted by atomic mass is 32.2. The van der Waals surface area contributed by atoms with E-state index < -0.39 is 0 Å². The van der Waals surface area contributed by atoms with E-state index in [1.165, 1.54) is 69.8 Å². The van der Waals surface area contributed by atoms with Gasteiger partial charge in [-0.1, -0.05) is 103 Å². The molecule has 8 aromatic carbocycles. The second kappa shape index (κ2) is 9.35. The summed E-state index contributed by atoms with van der Waals surface area (Å²) in [5.74, 6) is 0. The zero-order chi connectivity index (χ0) is 30.6. The van der Waals surface area contributed by atoms with Crippen LogP contribution in [0.25, 0.3) is 70.7 Å². The number of fused-ring (bicyclic) bond motifs is 16. The van der Waals surface area contributed by atoms with Crippen molar-refractivity contribution in [3.8, 4) is 0 Å². The maximum Gasteiger partial charge on any atom is 0.146 e. The minimum absolute atomic E-state index is 0.991. The number of hydrogen-bond acceptors (Lipinski definition) is 3. The van der Waals surface area contributed by atoms with Gasteiger partial charge < -0.3 is 4.90 Å². The minimum atomic E-state index is 0.991. The van der Waals surface area contributed by atoms with E-state index in [9.17, 15) is 0 Å². The van der Waals surface area contributed by atoms with Crippen LogP contribution in [-0.2, 0) is 0 Å². The largest absolute Gasteiger partial charge is 0.308 e. The molecule has 0 fully saturated rings. The zero-order valence-corrected chi connectivity index (χ0v) is 26.0. The molecule has 10 aromatic rings. The quantitative estimate of drug-likeness (QED) is 0.171. The summed E-state index contributed by atoms with van der Waals surface area (Å²) in [5, 5.41) is 11.3. The van der Waals surface area contributed by atoms with E-state index in [-0.39, 0.29) is 0 Å². The lowest BCUT2D eigenvalue weighted by molar-refractivity contribution is 1.18. The van der Waals surface area contributed by atoms with Crippen LogP contribution in [0.3, 0.4) is 0 Å². The molecule has 0 N–H and O–H groups in total. The van der Waals surface area contributed by atoms with Crippen molar-refractivity contribution >= 4 is 99.5 Å². The Morgan fingerprint density at radius 2 is 1.00 bits per heavy atom. The Labute approximate surface area is 274 Å². The smallest absolute Gasteiger partial charge is 0.146 e. The van der Waals surface area contributed by atoms with E-state index in [0.717, 1.165) is 27.8 Å². The van der Waals surface area contributed by atoms with Gasteiger partial charge in [0.1, 0.15) is 5.65 Å². The number of imidazole rings is 1. The Kier molecular flexibility index (Phi) is 5.05. The standard InChI is InChI=1S/C43H25N3S/c1-3-13-29-27(11-1)28-12-2-4-14-30(28)35-25-42-40(24-34(29)35)45(39-19-9-10-20-41(39)47-42)26-21-22-32-33(23-26)31-15-5-7-17-37(31)46-38-18-8-6-16-36(38)44-43(32)46/h1-25H. The molecule has 0 spiro atoms. The van der Waals surface area contributed by atoms with Gasteiger partial charge in [0, 0.05) is 26.3 Å². The summed E-state index contributed by atoms with van der Waals surface area (Å²) in [7, 11) is 0. The summed E-state index contributed by atoms with van der Waals surface area (Å²) < 4.78 is 2.32. The predicted octanol–water partition coefficient (Wildman–Crippen LogP) is 12.2. The second-order valence-electron chi connectivity index (χ2n) is 12.4. The Morgan fingerprint density at radius 3 is 1.79 bits per heavy atom. The molecule has 0 unspecified atom stereocenters. The third kappa shape index (κ3) is 3.45. The van der Waals surface area contributed by atoms with Crippen LogP contribution in [0.15, 0.2) is 161 Å². The third-order valence-corrected chi connectivity index (χ3v) is 11.0. The molecule has 47 heavy (non-hydrogen) atoms. The van der Waals surface area contributed by atoms with Crippen molar-refractivity contribution in [2.24, 2.45) is 0 Å². The van der Waals surface area contributed by atoms with E-state index in [0.29, 0.717) is 0 Å². The fourth-order valence-corrected chi connectivity index (χ4v) is 8.95. The number of para-hydroxylation sites is 4. The fourth-order valence-electron chi connectivity index (χ4n) is 7.87. The normalized spacial score (nSPS) is 13.0. The fraction of sp³-hybridized carbons (Fsp3) is 0. The minimum Gasteiger partial charge on any atom is -0.308 e. The van der Waals surface area contributed by atoms with Crippen molar-refractivity contribution in [1.82, 2.24) is 9.38 Å². The summed E-state index contributed by atoms with van der Waals surface area (Å²) >= 11 is 1.87. The van der Waals surface area contributed by atoms with Crippen LogP contribution < -0.4 is 4.90 Å². The molecule has 0 amide bonds. The first-order valence-electron chi connectivity index (χ1n) is 16.0. The summed E-state index contributed by atoms with van der Waals surface area (Å²) in [6, 6.07) is 55.4. The van der Waals surface area contributed by atoms with Crippen LogP contribution in [-0.4, -0.2) is 9.38 Å². The Hall–Kier alpha value is -5.84. The topological polar surface area (TPSA) is 20.5 Å². The monoisotopic (exact) mass is 615 g/mol. The summed E-state index contributed by atoms with van der Waals surface area (Å²) in [4.78, 5) is 10.1. The number of aromatic nitrogens is 2. The number of rotatable bonds is 1. The van der Waals surface area contributed by atoms with Gasteiger partial charge in [-0.25, -0.2) is 4.98 Å². The third-order valence-electron chi connectivity index (χ3n) is 9.89. The molecule has 218 valence electrons. The van der Waals surface area contributed by atoms with Crippen LogP contribution in [0.5, 0.6) is 0 Å². The van der Waals surface area contributed by atoms with Crippen LogP contribution in [0, 0.1) is 0 Å². The molecule has 1 aliphatic heterocycles. The van der Waals surface area contributed by atoms with E-state index in [1.807, 2.05) is 11.8 Å². The Balaban J connectivity index is 1.24. The van der Waals surface area contributed by atoms with Gasteiger partial charge in [0.05, 0.1) is 27.9 Å². The second-order valence-corrected chi connectivity index (χ2v) is 13.5. The Morgan fingerprint density at radius 1 is 0.404 bits per heavy atom. The molecule has 0 radical (unpaired) electrons. The van der Waals surface area contributed by atoms with Crippen molar-refractivity contribution in [3.63, 3.8) is 0 Å². The molecule has 0 atom stereocenters. The van der Waals surface area contributed by atoms with Crippen LogP contribution >= 0.6 is 11.8 Å². The molecule has 4 heteroatoms. The Bertz CT molecular complexity index is 2960. The molecule has 0 saturated heterocycles. The van der Waals surface area contributed by atoms with Gasteiger partial charge >= 0.3 is 0 Å². The van der Waals surface area contributed by atoms with Gasteiger partial charge in [0.15, 0.2) is 0 Å². The van der Waals surface area contributed by atoms with Gasteiger partial charge in [-0.15, -0.1) is 0 Å². The van der Waals surface area contributed by atoms with E-state index in [4.69, 9.17) is 4.98 Å². The lowest BCUT2D eigenvalue weighted by atomic mass is 9.93. The number of nitrogens with zero attached hydrogens (tertiary/aromatic N) is 3. The lowest BCUT2D eigenvalue weighted by Crippen LogP contribution is -2.15. The maximum absolute atomic E-state index is 5.14. The highest BCUT2D eigenvalue weighted by Gasteiger charge is 2.27. The molecule has 2 aromatic heterocycles.